The van der Waals surface area contributed by atoms with Crippen LogP contribution in [0.25, 0.3) is 22.5 Å². The molecule has 1 aliphatic rings. The van der Waals surface area contributed by atoms with Crippen LogP contribution >= 0.6 is 0 Å². The van der Waals surface area contributed by atoms with E-state index in [1.165, 1.54) is 0 Å². The Hall–Kier alpha value is -3.81. The van der Waals surface area contributed by atoms with E-state index in [9.17, 15) is 4.79 Å². The number of carbonyl (C=O) groups is 1. The molecule has 1 aliphatic carbocycles. The Labute approximate surface area is 192 Å². The molecule has 8 heteroatoms. The van der Waals surface area contributed by atoms with E-state index in [4.69, 9.17) is 9.72 Å². The Morgan fingerprint density at radius 3 is 2.58 bits per heavy atom. The van der Waals surface area contributed by atoms with Gasteiger partial charge >= 0.3 is 0 Å². The van der Waals surface area contributed by atoms with Crippen molar-refractivity contribution in [3.05, 3.63) is 65.5 Å². The van der Waals surface area contributed by atoms with Gasteiger partial charge in [0.25, 0.3) is 6.01 Å². The van der Waals surface area contributed by atoms with E-state index in [0.29, 0.717) is 37.1 Å². The lowest BCUT2D eigenvalue weighted by Gasteiger charge is -2.13. The lowest BCUT2D eigenvalue weighted by molar-refractivity contribution is 0.0972. The minimum Gasteiger partial charge on any atom is -0.465 e. The van der Waals surface area contributed by atoms with Gasteiger partial charge in [0.1, 0.15) is 5.69 Å². The third-order valence-corrected chi connectivity index (χ3v) is 5.89. The number of Topliss-reactive ketones (excluding diaryl/α,β-unsaturated/α-hetero) is 1. The minimum absolute atomic E-state index is 0.159. The number of ketones is 1. The van der Waals surface area contributed by atoms with Gasteiger partial charge in [-0.15, -0.1) is 10.2 Å². The molecule has 0 unspecified atom stereocenters. The van der Waals surface area contributed by atoms with Gasteiger partial charge in [0.2, 0.25) is 5.82 Å². The zero-order chi connectivity index (χ0) is 22.6. The molecule has 5 rings (SSSR count). The molecule has 0 bridgehead atoms. The van der Waals surface area contributed by atoms with Crippen LogP contribution in [0.3, 0.4) is 0 Å². The molecule has 2 heterocycles. The Balaban J connectivity index is 1.46. The van der Waals surface area contributed by atoms with E-state index >= 15 is 0 Å². The summed E-state index contributed by atoms with van der Waals surface area (Å²) in [5, 5.41) is 14.5. The molecular weight excluding hydrogens is 416 g/mol. The normalized spacial score (nSPS) is 13.5. The highest BCUT2D eigenvalue weighted by molar-refractivity contribution is 5.96. The Bertz CT molecular complexity index is 1240. The van der Waals surface area contributed by atoms with Gasteiger partial charge in [0.15, 0.2) is 5.78 Å². The van der Waals surface area contributed by atoms with Crippen molar-refractivity contribution in [1.29, 1.82) is 0 Å². The molecule has 0 atom stereocenters. The van der Waals surface area contributed by atoms with E-state index in [1.807, 2.05) is 28.8 Å². The molecule has 4 aromatic rings. The molecule has 0 amide bonds. The Kier molecular flexibility index (Phi) is 5.97. The van der Waals surface area contributed by atoms with Crippen LogP contribution in [0.1, 0.15) is 54.4 Å². The average Bonchev–Trinajstić information content (AvgIpc) is 3.45. The van der Waals surface area contributed by atoms with Gasteiger partial charge in [0.05, 0.1) is 18.8 Å². The Morgan fingerprint density at radius 1 is 1.03 bits per heavy atom. The largest absolute Gasteiger partial charge is 0.465 e. The second-order valence-electron chi connectivity index (χ2n) is 8.23. The molecule has 0 spiro atoms. The standard InChI is InChI=1S/C25H26N6O2/c1-2-15-33-25-26-21-9-5-6-10-22(32)23(21)31(25)16-17-11-13-18(14-12-17)19-7-3-4-8-20(19)24-27-29-30-28-24/h3-4,7-8,11-14H,2,5-6,9-10,15-16H2,1H3,(H,27,28,29,30). The van der Waals surface area contributed by atoms with Crippen LogP contribution in [0.5, 0.6) is 6.01 Å². The van der Waals surface area contributed by atoms with Gasteiger partial charge in [-0.1, -0.05) is 55.5 Å². The van der Waals surface area contributed by atoms with E-state index in [1.54, 1.807) is 0 Å². The van der Waals surface area contributed by atoms with Crippen LogP contribution in [-0.4, -0.2) is 42.6 Å². The van der Waals surface area contributed by atoms with Crippen molar-refractivity contribution in [2.45, 2.75) is 45.6 Å². The number of imidazole rings is 1. The third-order valence-electron chi connectivity index (χ3n) is 5.89. The van der Waals surface area contributed by atoms with E-state index in [2.05, 4.69) is 51.8 Å². The van der Waals surface area contributed by atoms with Crippen LogP contribution in [0.15, 0.2) is 48.5 Å². The summed E-state index contributed by atoms with van der Waals surface area (Å²) in [4.78, 5) is 17.6. The topological polar surface area (TPSA) is 98.6 Å². The quantitative estimate of drug-likeness (QED) is 0.424. The second-order valence-corrected chi connectivity index (χ2v) is 8.23. The number of hydrogen-bond acceptors (Lipinski definition) is 6. The first kappa shape index (κ1) is 21.1. The monoisotopic (exact) mass is 442 g/mol. The number of benzene rings is 2. The molecule has 0 fully saturated rings. The summed E-state index contributed by atoms with van der Waals surface area (Å²) >= 11 is 0. The number of ether oxygens (including phenoxy) is 1. The molecule has 8 nitrogen and oxygen atoms in total. The first-order valence-electron chi connectivity index (χ1n) is 11.4. The maximum atomic E-state index is 12.9. The van der Waals surface area contributed by atoms with Crippen molar-refractivity contribution < 1.29 is 9.53 Å². The molecule has 0 saturated carbocycles. The summed E-state index contributed by atoms with van der Waals surface area (Å²) in [5.74, 6) is 0.721. The van der Waals surface area contributed by atoms with Gasteiger partial charge < -0.3 is 4.74 Å². The van der Waals surface area contributed by atoms with Crippen molar-refractivity contribution in [2.75, 3.05) is 6.61 Å². The molecule has 2 aromatic heterocycles. The van der Waals surface area contributed by atoms with Crippen LogP contribution in [-0.2, 0) is 13.0 Å². The zero-order valence-corrected chi connectivity index (χ0v) is 18.6. The SMILES string of the molecule is CCCOc1nc2c(n1Cc1ccc(-c3ccccc3-c3nn[nH]n3)cc1)C(=O)CCCC2. The summed E-state index contributed by atoms with van der Waals surface area (Å²) in [5.41, 5.74) is 5.67. The number of aryl methyl sites for hydroxylation is 1. The molecule has 0 saturated heterocycles. The smallest absolute Gasteiger partial charge is 0.297 e. The molecule has 1 N–H and O–H groups in total. The number of H-pyrrole nitrogens is 1. The van der Waals surface area contributed by atoms with Crippen molar-refractivity contribution in [3.8, 4) is 28.5 Å². The Morgan fingerprint density at radius 2 is 1.82 bits per heavy atom. The van der Waals surface area contributed by atoms with Gasteiger partial charge in [-0.3, -0.25) is 9.36 Å². The summed E-state index contributed by atoms with van der Waals surface area (Å²) in [7, 11) is 0. The van der Waals surface area contributed by atoms with Crippen LogP contribution in [0.4, 0.5) is 0 Å². The number of hydrogen-bond donors (Lipinski definition) is 1. The highest BCUT2D eigenvalue weighted by atomic mass is 16.5. The number of aromatic nitrogens is 6. The van der Waals surface area contributed by atoms with Crippen LogP contribution in [0, 0.1) is 0 Å². The number of rotatable bonds is 7. The lowest BCUT2D eigenvalue weighted by atomic mass is 9.98. The number of nitrogens with zero attached hydrogens (tertiary/aromatic N) is 5. The van der Waals surface area contributed by atoms with Crippen molar-refractivity contribution in [2.24, 2.45) is 0 Å². The fourth-order valence-corrected chi connectivity index (χ4v) is 4.29. The highest BCUT2D eigenvalue weighted by Gasteiger charge is 2.25. The summed E-state index contributed by atoms with van der Waals surface area (Å²) in [6.07, 6.45) is 4.17. The molecule has 168 valence electrons. The van der Waals surface area contributed by atoms with Crippen LogP contribution in [0.2, 0.25) is 0 Å². The van der Waals surface area contributed by atoms with Gasteiger partial charge in [-0.05, 0) is 47.6 Å². The first-order chi connectivity index (χ1) is 16.2. The summed E-state index contributed by atoms with van der Waals surface area (Å²) in [6, 6.07) is 16.9. The summed E-state index contributed by atoms with van der Waals surface area (Å²) < 4.78 is 7.89. The molecular formula is C25H26N6O2. The fourth-order valence-electron chi connectivity index (χ4n) is 4.29. The van der Waals surface area contributed by atoms with Crippen LogP contribution < -0.4 is 4.74 Å². The molecule has 0 radical (unpaired) electrons. The fraction of sp³-hybridized carbons (Fsp3) is 0.320. The van der Waals surface area contributed by atoms with Gasteiger partial charge in [-0.25, -0.2) is 0 Å². The maximum absolute atomic E-state index is 12.9. The predicted molar refractivity (Wildman–Crippen MR) is 124 cm³/mol. The molecule has 0 aliphatic heterocycles. The van der Waals surface area contributed by atoms with Crippen molar-refractivity contribution in [3.63, 3.8) is 0 Å². The van der Waals surface area contributed by atoms with E-state index in [0.717, 1.165) is 53.6 Å². The summed E-state index contributed by atoms with van der Waals surface area (Å²) in [6.45, 7) is 3.18. The number of tetrazole rings is 1. The lowest BCUT2D eigenvalue weighted by Crippen LogP contribution is -2.13. The van der Waals surface area contributed by atoms with E-state index < -0.39 is 0 Å². The highest BCUT2D eigenvalue weighted by Crippen LogP contribution is 2.31. The predicted octanol–water partition coefficient (Wildman–Crippen LogP) is 4.48. The number of fused-ring (bicyclic) bond motifs is 1. The average molecular weight is 443 g/mol. The van der Waals surface area contributed by atoms with Crippen molar-refractivity contribution >= 4 is 5.78 Å². The third kappa shape index (κ3) is 4.28. The molecule has 2 aromatic carbocycles. The van der Waals surface area contributed by atoms with Gasteiger partial charge in [0, 0.05) is 12.0 Å². The first-order valence-corrected chi connectivity index (χ1v) is 11.4. The second kappa shape index (κ2) is 9.36. The van der Waals surface area contributed by atoms with Gasteiger partial charge in [-0.2, -0.15) is 10.2 Å². The maximum Gasteiger partial charge on any atom is 0.297 e. The minimum atomic E-state index is 0.159. The number of carbonyl (C=O) groups excluding carboxylic acids is 1. The van der Waals surface area contributed by atoms with E-state index in [-0.39, 0.29) is 5.78 Å². The molecule has 33 heavy (non-hydrogen) atoms. The van der Waals surface area contributed by atoms with Crippen molar-refractivity contribution in [1.82, 2.24) is 30.2 Å². The zero-order valence-electron chi connectivity index (χ0n) is 18.6. The number of nitrogens with one attached hydrogen (secondary N) is 1. The number of aromatic amines is 1.